The van der Waals surface area contributed by atoms with Gasteiger partial charge in [-0.1, -0.05) is 48.5 Å². The maximum Gasteiger partial charge on any atom is 0.0467 e. The molecule has 1 aliphatic carbocycles. The van der Waals surface area contributed by atoms with Gasteiger partial charge in [-0.25, -0.2) is 0 Å². The zero-order valence-electron chi connectivity index (χ0n) is 10.7. The Bertz CT molecular complexity index is 763. The Labute approximate surface area is 112 Å². The van der Waals surface area contributed by atoms with Crippen molar-refractivity contribution in [2.24, 2.45) is 0 Å². The van der Waals surface area contributed by atoms with Crippen LogP contribution >= 0.6 is 0 Å². The van der Waals surface area contributed by atoms with Crippen molar-refractivity contribution in [2.45, 2.75) is 12.8 Å². The number of hydrogen-bond donors (Lipinski definition) is 1. The first-order valence-electron chi connectivity index (χ1n) is 6.78. The Morgan fingerprint density at radius 3 is 2.68 bits per heavy atom. The van der Waals surface area contributed by atoms with Crippen LogP contribution in [0.3, 0.4) is 0 Å². The van der Waals surface area contributed by atoms with Gasteiger partial charge < -0.3 is 4.98 Å². The van der Waals surface area contributed by atoms with Crippen molar-refractivity contribution in [3.05, 3.63) is 65.9 Å². The van der Waals surface area contributed by atoms with Gasteiger partial charge in [0.05, 0.1) is 0 Å². The fraction of sp³-hybridized carbons (Fsp3) is 0.111. The Kier molecular flexibility index (Phi) is 2.31. The topological polar surface area (TPSA) is 15.8 Å². The van der Waals surface area contributed by atoms with Crippen LogP contribution in [0.4, 0.5) is 0 Å². The minimum Gasteiger partial charge on any atom is -0.355 e. The third kappa shape index (κ3) is 1.70. The van der Waals surface area contributed by atoms with Crippen LogP contribution < -0.4 is 0 Å². The van der Waals surface area contributed by atoms with Crippen LogP contribution in [-0.4, -0.2) is 4.98 Å². The second-order valence-electron chi connectivity index (χ2n) is 5.08. The summed E-state index contributed by atoms with van der Waals surface area (Å²) in [5.41, 5.74) is 6.55. The van der Waals surface area contributed by atoms with Crippen molar-refractivity contribution in [2.75, 3.05) is 0 Å². The van der Waals surface area contributed by atoms with Crippen molar-refractivity contribution in [1.82, 2.24) is 4.98 Å². The molecule has 0 fully saturated rings. The fourth-order valence-electron chi connectivity index (χ4n) is 2.93. The number of rotatable bonds is 1. The maximum atomic E-state index is 3.54. The molecule has 0 spiro atoms. The molecule has 0 bridgehead atoms. The molecule has 0 saturated heterocycles. The summed E-state index contributed by atoms with van der Waals surface area (Å²) < 4.78 is 0. The number of aryl methyl sites for hydroxylation is 1. The number of aromatic amines is 1. The zero-order valence-corrected chi connectivity index (χ0v) is 10.7. The minimum atomic E-state index is 1.15. The molecule has 0 unspecified atom stereocenters. The number of aromatic nitrogens is 1. The predicted octanol–water partition coefficient (Wildman–Crippen LogP) is 4.79. The fourth-order valence-corrected chi connectivity index (χ4v) is 2.93. The van der Waals surface area contributed by atoms with Gasteiger partial charge in [0.25, 0.3) is 0 Å². The van der Waals surface area contributed by atoms with Crippen LogP contribution in [0.15, 0.2) is 54.6 Å². The average Bonchev–Trinajstić information content (AvgIpc) is 2.86. The second kappa shape index (κ2) is 4.13. The Hall–Kier alpha value is -2.28. The quantitative estimate of drug-likeness (QED) is 0.634. The van der Waals surface area contributed by atoms with E-state index in [0.717, 1.165) is 12.8 Å². The number of hydrogen-bond acceptors (Lipinski definition) is 0. The van der Waals surface area contributed by atoms with Gasteiger partial charge in [0, 0.05) is 16.6 Å². The van der Waals surface area contributed by atoms with E-state index >= 15 is 0 Å². The summed E-state index contributed by atoms with van der Waals surface area (Å²) in [7, 11) is 0. The van der Waals surface area contributed by atoms with E-state index in [-0.39, 0.29) is 0 Å². The molecule has 0 aliphatic heterocycles. The van der Waals surface area contributed by atoms with Crippen molar-refractivity contribution in [3.8, 4) is 11.1 Å². The van der Waals surface area contributed by atoms with E-state index in [1.54, 1.807) is 0 Å². The van der Waals surface area contributed by atoms with E-state index < -0.39 is 0 Å². The lowest BCUT2D eigenvalue weighted by Crippen LogP contribution is -1.90. The zero-order chi connectivity index (χ0) is 12.7. The van der Waals surface area contributed by atoms with Crippen LogP contribution in [-0.2, 0) is 6.42 Å². The normalized spacial score (nSPS) is 13.7. The van der Waals surface area contributed by atoms with Crippen LogP contribution in [0.5, 0.6) is 0 Å². The molecule has 0 saturated carbocycles. The number of H-pyrrole nitrogens is 1. The number of benzene rings is 2. The summed E-state index contributed by atoms with van der Waals surface area (Å²) in [5.74, 6) is 0. The van der Waals surface area contributed by atoms with Gasteiger partial charge in [0.15, 0.2) is 0 Å². The van der Waals surface area contributed by atoms with E-state index in [9.17, 15) is 0 Å². The molecule has 0 radical (unpaired) electrons. The maximum absolute atomic E-state index is 3.54. The lowest BCUT2D eigenvalue weighted by atomic mass is 9.99. The van der Waals surface area contributed by atoms with Gasteiger partial charge in [-0.2, -0.15) is 0 Å². The molecule has 1 heterocycles. The molecule has 3 aromatic rings. The van der Waals surface area contributed by atoms with Crippen molar-refractivity contribution >= 4 is 17.0 Å². The highest BCUT2D eigenvalue weighted by Crippen LogP contribution is 2.31. The highest BCUT2D eigenvalue weighted by Gasteiger charge is 2.12. The molecule has 0 amide bonds. The van der Waals surface area contributed by atoms with Gasteiger partial charge >= 0.3 is 0 Å². The molecule has 1 nitrogen and oxygen atoms in total. The van der Waals surface area contributed by atoms with Gasteiger partial charge in [0.1, 0.15) is 0 Å². The molecule has 19 heavy (non-hydrogen) atoms. The third-order valence-corrected chi connectivity index (χ3v) is 3.89. The summed E-state index contributed by atoms with van der Waals surface area (Å²) in [4.78, 5) is 3.54. The molecular weight excluding hydrogens is 230 g/mol. The summed E-state index contributed by atoms with van der Waals surface area (Å²) >= 11 is 0. The highest BCUT2D eigenvalue weighted by molar-refractivity contribution is 5.91. The standard InChI is InChI=1S/C18H15N/c1-2-6-13(7-3-1)14-10-11-16-15-8-4-5-9-17(15)19-18(16)12-14/h1-3,5-7,9-12,19H,4,8H2. The highest BCUT2D eigenvalue weighted by atomic mass is 14.7. The van der Waals surface area contributed by atoms with E-state index in [2.05, 4.69) is 65.7 Å². The number of nitrogens with one attached hydrogen (secondary N) is 1. The van der Waals surface area contributed by atoms with Crippen LogP contribution in [0.2, 0.25) is 0 Å². The van der Waals surface area contributed by atoms with E-state index in [4.69, 9.17) is 0 Å². The van der Waals surface area contributed by atoms with E-state index in [0.29, 0.717) is 0 Å². The first kappa shape index (κ1) is 10.6. The van der Waals surface area contributed by atoms with Crippen molar-refractivity contribution in [1.29, 1.82) is 0 Å². The largest absolute Gasteiger partial charge is 0.355 e. The van der Waals surface area contributed by atoms with Crippen LogP contribution in [0, 0.1) is 0 Å². The van der Waals surface area contributed by atoms with Crippen molar-refractivity contribution in [3.63, 3.8) is 0 Å². The summed E-state index contributed by atoms with van der Waals surface area (Å²) in [6, 6.07) is 17.3. The number of allylic oxidation sites excluding steroid dienone is 1. The van der Waals surface area contributed by atoms with Gasteiger partial charge in [-0.15, -0.1) is 0 Å². The van der Waals surface area contributed by atoms with Crippen molar-refractivity contribution < 1.29 is 0 Å². The second-order valence-corrected chi connectivity index (χ2v) is 5.08. The molecule has 1 heteroatoms. The number of fused-ring (bicyclic) bond motifs is 3. The molecular formula is C18H15N. The van der Waals surface area contributed by atoms with E-state index in [1.165, 1.54) is 33.3 Å². The lowest BCUT2D eigenvalue weighted by molar-refractivity contribution is 0.992. The smallest absolute Gasteiger partial charge is 0.0467 e. The molecule has 92 valence electrons. The monoisotopic (exact) mass is 245 g/mol. The van der Waals surface area contributed by atoms with Gasteiger partial charge in [-0.05, 0) is 41.7 Å². The molecule has 1 aromatic heterocycles. The third-order valence-electron chi connectivity index (χ3n) is 3.89. The lowest BCUT2D eigenvalue weighted by Gasteiger charge is -2.04. The molecule has 1 N–H and O–H groups in total. The SMILES string of the molecule is C1=Cc2[nH]c3cc(-c4ccccc4)ccc3c2CC1. The van der Waals surface area contributed by atoms with Crippen LogP contribution in [0.25, 0.3) is 28.1 Å². The Morgan fingerprint density at radius 2 is 1.79 bits per heavy atom. The first-order chi connectivity index (χ1) is 9.42. The molecule has 1 aliphatic rings. The molecule has 0 atom stereocenters. The van der Waals surface area contributed by atoms with Gasteiger partial charge in [-0.3, -0.25) is 0 Å². The van der Waals surface area contributed by atoms with E-state index in [1.807, 2.05) is 0 Å². The first-order valence-corrected chi connectivity index (χ1v) is 6.78. The van der Waals surface area contributed by atoms with Crippen LogP contribution in [0.1, 0.15) is 17.7 Å². The van der Waals surface area contributed by atoms with Gasteiger partial charge in [0.2, 0.25) is 0 Å². The molecule has 4 rings (SSSR count). The minimum absolute atomic E-state index is 1.15. The summed E-state index contributed by atoms with van der Waals surface area (Å²) in [6.45, 7) is 0. The Morgan fingerprint density at radius 1 is 0.895 bits per heavy atom. The molecule has 2 aromatic carbocycles. The summed E-state index contributed by atoms with van der Waals surface area (Å²) in [6.07, 6.45) is 6.76. The average molecular weight is 245 g/mol. The Balaban J connectivity index is 1.91. The summed E-state index contributed by atoms with van der Waals surface area (Å²) in [5, 5.41) is 1.37. The predicted molar refractivity (Wildman–Crippen MR) is 81.1 cm³/mol.